The molecule has 24 heavy (non-hydrogen) atoms. The van der Waals surface area contributed by atoms with Crippen LogP contribution in [0.4, 0.5) is 16.2 Å². The third-order valence-corrected chi connectivity index (χ3v) is 3.80. The third kappa shape index (κ3) is 4.15. The molecule has 0 radical (unpaired) electrons. The molecule has 1 saturated heterocycles. The number of rotatable bonds is 6. The molecule has 8 nitrogen and oxygen atoms in total. The molecular formula is C16H21N3O5. The van der Waals surface area contributed by atoms with E-state index in [0.717, 1.165) is 6.42 Å². The largest absolute Gasteiger partial charge is 0.494 e. The minimum absolute atomic E-state index is 0.0542. The van der Waals surface area contributed by atoms with Crippen molar-refractivity contribution >= 4 is 29.3 Å². The summed E-state index contributed by atoms with van der Waals surface area (Å²) in [4.78, 5) is 37.4. The monoisotopic (exact) mass is 335 g/mol. The van der Waals surface area contributed by atoms with Gasteiger partial charge in [-0.2, -0.15) is 0 Å². The number of hydrogen-bond donors (Lipinski definition) is 2. The molecule has 0 unspecified atom stereocenters. The van der Waals surface area contributed by atoms with Crippen LogP contribution in [0.1, 0.15) is 19.3 Å². The van der Waals surface area contributed by atoms with Crippen LogP contribution in [0.5, 0.6) is 5.75 Å². The number of benzene rings is 1. The molecule has 8 heteroatoms. The van der Waals surface area contributed by atoms with Crippen molar-refractivity contribution in [2.24, 2.45) is 0 Å². The van der Waals surface area contributed by atoms with E-state index in [0.29, 0.717) is 30.1 Å². The first-order valence-electron chi connectivity index (χ1n) is 7.64. The van der Waals surface area contributed by atoms with Gasteiger partial charge < -0.3 is 25.0 Å². The molecule has 0 bridgehead atoms. The van der Waals surface area contributed by atoms with Gasteiger partial charge in [-0.1, -0.05) is 0 Å². The topological polar surface area (TPSA) is 99.2 Å². The Kier molecular flexibility index (Phi) is 5.62. The van der Waals surface area contributed by atoms with Crippen molar-refractivity contribution < 1.29 is 24.2 Å². The number of nitrogens with one attached hydrogen (secondary N) is 1. The maximum Gasteiger partial charge on any atom is 0.321 e. The number of carbonyl (C=O) groups excluding carboxylic acids is 2. The van der Waals surface area contributed by atoms with Crippen LogP contribution in [-0.4, -0.2) is 55.2 Å². The highest BCUT2D eigenvalue weighted by Crippen LogP contribution is 2.33. The quantitative estimate of drug-likeness (QED) is 0.825. The number of amides is 3. The molecule has 1 aliphatic heterocycles. The van der Waals surface area contributed by atoms with Crippen LogP contribution in [0.25, 0.3) is 0 Å². The molecule has 1 aliphatic rings. The Morgan fingerprint density at radius 1 is 1.42 bits per heavy atom. The molecule has 2 rings (SSSR count). The predicted molar refractivity (Wildman–Crippen MR) is 88.5 cm³/mol. The molecule has 0 aromatic heterocycles. The maximum atomic E-state index is 12.0. The smallest absolute Gasteiger partial charge is 0.321 e. The highest BCUT2D eigenvalue weighted by atomic mass is 16.5. The summed E-state index contributed by atoms with van der Waals surface area (Å²) >= 11 is 0. The normalized spacial score (nSPS) is 13.8. The van der Waals surface area contributed by atoms with Crippen molar-refractivity contribution in [2.45, 2.75) is 19.3 Å². The lowest BCUT2D eigenvalue weighted by molar-refractivity contribution is -0.137. The summed E-state index contributed by atoms with van der Waals surface area (Å²) in [6.07, 6.45) is 1.22. The average Bonchev–Trinajstić information content (AvgIpc) is 2.98. The van der Waals surface area contributed by atoms with E-state index in [4.69, 9.17) is 9.84 Å². The Labute approximate surface area is 140 Å². The Hall–Kier alpha value is -2.77. The van der Waals surface area contributed by atoms with Crippen LogP contribution in [0.3, 0.4) is 0 Å². The van der Waals surface area contributed by atoms with Crippen molar-refractivity contribution in [3.63, 3.8) is 0 Å². The van der Waals surface area contributed by atoms with Gasteiger partial charge in [0.1, 0.15) is 5.75 Å². The van der Waals surface area contributed by atoms with E-state index in [9.17, 15) is 14.4 Å². The number of hydrogen-bond acceptors (Lipinski definition) is 4. The van der Waals surface area contributed by atoms with Crippen molar-refractivity contribution in [3.05, 3.63) is 18.2 Å². The molecule has 0 atom stereocenters. The number of aliphatic carboxylic acids is 1. The summed E-state index contributed by atoms with van der Waals surface area (Å²) in [6.45, 7) is 0.761. The van der Waals surface area contributed by atoms with Gasteiger partial charge >= 0.3 is 12.0 Å². The second-order valence-electron chi connectivity index (χ2n) is 5.53. The zero-order valence-electron chi connectivity index (χ0n) is 13.7. The molecule has 130 valence electrons. The Morgan fingerprint density at radius 3 is 2.75 bits per heavy atom. The first-order chi connectivity index (χ1) is 11.4. The second-order valence-corrected chi connectivity index (χ2v) is 5.53. The van der Waals surface area contributed by atoms with Gasteiger partial charge in [0.2, 0.25) is 5.91 Å². The van der Waals surface area contributed by atoms with Crippen LogP contribution in [0.15, 0.2) is 18.2 Å². The van der Waals surface area contributed by atoms with E-state index in [2.05, 4.69) is 5.32 Å². The molecule has 2 N–H and O–H groups in total. The summed E-state index contributed by atoms with van der Waals surface area (Å²) in [5, 5.41) is 11.3. The summed E-state index contributed by atoms with van der Waals surface area (Å²) in [5.41, 5.74) is 1.19. The zero-order chi connectivity index (χ0) is 17.7. The molecule has 1 aromatic rings. The molecule has 1 fully saturated rings. The number of nitrogens with zero attached hydrogens (tertiary/aromatic N) is 2. The lowest BCUT2D eigenvalue weighted by Crippen LogP contribution is -2.33. The van der Waals surface area contributed by atoms with E-state index in [1.54, 1.807) is 23.1 Å². The summed E-state index contributed by atoms with van der Waals surface area (Å²) in [7, 11) is 3.02. The van der Waals surface area contributed by atoms with Gasteiger partial charge in [0.25, 0.3) is 0 Å². The van der Waals surface area contributed by atoms with Gasteiger partial charge in [0.15, 0.2) is 0 Å². The van der Waals surface area contributed by atoms with E-state index in [1.165, 1.54) is 19.1 Å². The minimum atomic E-state index is -0.962. The van der Waals surface area contributed by atoms with Crippen molar-refractivity contribution in [1.29, 1.82) is 0 Å². The van der Waals surface area contributed by atoms with Gasteiger partial charge in [-0.25, -0.2) is 4.79 Å². The van der Waals surface area contributed by atoms with E-state index in [-0.39, 0.29) is 18.9 Å². The lowest BCUT2D eigenvalue weighted by Gasteiger charge is -2.21. The van der Waals surface area contributed by atoms with Crippen molar-refractivity contribution in [1.82, 2.24) is 4.90 Å². The number of urea groups is 1. The average molecular weight is 335 g/mol. The lowest BCUT2D eigenvalue weighted by atomic mass is 10.2. The molecule has 1 aromatic carbocycles. The van der Waals surface area contributed by atoms with Gasteiger partial charge in [-0.15, -0.1) is 0 Å². The Balaban J connectivity index is 2.07. The van der Waals surface area contributed by atoms with E-state index >= 15 is 0 Å². The molecule has 1 heterocycles. The van der Waals surface area contributed by atoms with Crippen LogP contribution in [0, 0.1) is 0 Å². The fraction of sp³-hybridized carbons (Fsp3) is 0.438. The number of anilines is 2. The molecule has 0 saturated carbocycles. The first-order valence-corrected chi connectivity index (χ1v) is 7.64. The number of carbonyl (C=O) groups is 3. The number of carboxylic acids is 1. The van der Waals surface area contributed by atoms with Crippen LogP contribution >= 0.6 is 0 Å². The minimum Gasteiger partial charge on any atom is -0.494 e. The van der Waals surface area contributed by atoms with E-state index in [1.807, 2.05) is 0 Å². The predicted octanol–water partition coefficient (Wildman–Crippen LogP) is 1.76. The zero-order valence-corrected chi connectivity index (χ0v) is 13.7. The van der Waals surface area contributed by atoms with Gasteiger partial charge in [-0.3, -0.25) is 9.59 Å². The Bertz CT molecular complexity index is 647. The summed E-state index contributed by atoms with van der Waals surface area (Å²) in [6, 6.07) is 4.65. The van der Waals surface area contributed by atoms with Gasteiger partial charge in [0, 0.05) is 38.3 Å². The van der Waals surface area contributed by atoms with Gasteiger partial charge in [0.05, 0.1) is 19.2 Å². The fourth-order valence-corrected chi connectivity index (χ4v) is 2.47. The highest BCUT2D eigenvalue weighted by Gasteiger charge is 2.24. The fourth-order valence-electron chi connectivity index (χ4n) is 2.47. The van der Waals surface area contributed by atoms with E-state index < -0.39 is 12.0 Å². The SMILES string of the molecule is COc1cc(NC(=O)N(C)CCC(=O)O)ccc1N1CCCC1=O. The summed E-state index contributed by atoms with van der Waals surface area (Å²) in [5.74, 6) is -0.411. The molecule has 0 spiro atoms. The van der Waals surface area contributed by atoms with Crippen LogP contribution < -0.4 is 15.0 Å². The maximum absolute atomic E-state index is 12.0. The van der Waals surface area contributed by atoms with Crippen molar-refractivity contribution in [3.8, 4) is 5.75 Å². The van der Waals surface area contributed by atoms with Crippen LogP contribution in [-0.2, 0) is 9.59 Å². The molecular weight excluding hydrogens is 314 g/mol. The van der Waals surface area contributed by atoms with Crippen LogP contribution in [0.2, 0.25) is 0 Å². The first kappa shape index (κ1) is 17.6. The molecule has 0 aliphatic carbocycles. The summed E-state index contributed by atoms with van der Waals surface area (Å²) < 4.78 is 5.33. The molecule has 3 amide bonds. The standard InChI is InChI=1S/C16H21N3O5/c1-18(9-7-15(21)22)16(23)17-11-5-6-12(13(10-11)24-2)19-8-3-4-14(19)20/h5-6,10H,3-4,7-9H2,1-2H3,(H,17,23)(H,21,22). The van der Waals surface area contributed by atoms with Crippen molar-refractivity contribution in [2.75, 3.05) is 37.5 Å². The second kappa shape index (κ2) is 7.67. The number of carboxylic acid groups (broad SMARTS) is 1. The highest BCUT2D eigenvalue weighted by molar-refractivity contribution is 5.97. The van der Waals surface area contributed by atoms with Gasteiger partial charge in [-0.05, 0) is 18.6 Å². The third-order valence-electron chi connectivity index (χ3n) is 3.80. The Morgan fingerprint density at radius 2 is 2.17 bits per heavy atom. The number of methoxy groups -OCH3 is 1. The number of ether oxygens (including phenoxy) is 1.